The van der Waals surface area contributed by atoms with E-state index >= 15 is 0 Å². The van der Waals surface area contributed by atoms with Crippen molar-refractivity contribution < 1.29 is 19.5 Å². The number of carbonyl (C=O) groups is 3. The number of fused-ring (bicyclic) bond motifs is 2. The highest BCUT2D eigenvalue weighted by Gasteiger charge is 2.47. The van der Waals surface area contributed by atoms with Crippen LogP contribution in [0.5, 0.6) is 0 Å². The zero-order valence-electron chi connectivity index (χ0n) is 21.8. The van der Waals surface area contributed by atoms with Gasteiger partial charge in [-0.25, -0.2) is 4.79 Å². The van der Waals surface area contributed by atoms with Crippen molar-refractivity contribution in [2.24, 2.45) is 5.92 Å². The van der Waals surface area contributed by atoms with Crippen LogP contribution in [-0.2, 0) is 11.2 Å². The van der Waals surface area contributed by atoms with Crippen molar-refractivity contribution in [1.29, 1.82) is 0 Å². The Morgan fingerprint density at radius 3 is 2.10 bits per heavy atom. The summed E-state index contributed by atoms with van der Waals surface area (Å²) in [7, 11) is 0. The largest absolute Gasteiger partial charge is 0.465 e. The second kappa shape index (κ2) is 10.7. The number of amides is 3. The van der Waals surface area contributed by atoms with E-state index in [0.717, 1.165) is 42.5 Å². The van der Waals surface area contributed by atoms with Crippen LogP contribution in [0.15, 0.2) is 36.4 Å². The molecule has 7 nitrogen and oxygen atoms in total. The lowest BCUT2D eigenvalue weighted by atomic mass is 9.93. The van der Waals surface area contributed by atoms with Crippen molar-refractivity contribution in [3.63, 3.8) is 0 Å². The number of carboxylic acid groups (broad SMARTS) is 1. The number of benzene rings is 2. The van der Waals surface area contributed by atoms with Crippen molar-refractivity contribution in [3.8, 4) is 11.1 Å². The number of carbonyl (C=O) groups excluding carboxylic acids is 2. The van der Waals surface area contributed by atoms with Gasteiger partial charge in [-0.1, -0.05) is 54.6 Å². The summed E-state index contributed by atoms with van der Waals surface area (Å²) in [4.78, 5) is 42.9. The first-order valence-electron chi connectivity index (χ1n) is 14.0. The molecular formula is C30H33Cl2N3O4. The topological polar surface area (TPSA) is 81.2 Å². The van der Waals surface area contributed by atoms with E-state index in [0.29, 0.717) is 47.6 Å². The van der Waals surface area contributed by atoms with Gasteiger partial charge in [0.25, 0.3) is 5.91 Å². The van der Waals surface area contributed by atoms with Crippen LogP contribution in [0, 0.1) is 5.92 Å². The van der Waals surface area contributed by atoms with Crippen LogP contribution in [-0.4, -0.2) is 75.5 Å². The number of hydrogen-bond acceptors (Lipinski definition) is 3. The molecule has 6 rings (SSSR count). The second-order valence-corrected chi connectivity index (χ2v) is 12.3. The van der Waals surface area contributed by atoms with E-state index in [1.54, 1.807) is 17.0 Å². The lowest BCUT2D eigenvalue weighted by Crippen LogP contribution is -2.50. The molecule has 1 saturated carbocycles. The molecule has 3 heterocycles. The van der Waals surface area contributed by atoms with Gasteiger partial charge in [-0.05, 0) is 73.1 Å². The minimum absolute atomic E-state index is 0.0649. The molecular weight excluding hydrogens is 537 g/mol. The number of piperazine rings is 1. The Bertz CT molecular complexity index is 1270. The summed E-state index contributed by atoms with van der Waals surface area (Å²) in [5.74, 6) is 0.0794. The third-order valence-electron chi connectivity index (χ3n) is 9.17. The molecule has 2 aromatic rings. The van der Waals surface area contributed by atoms with Crippen LogP contribution in [0.2, 0.25) is 10.0 Å². The zero-order chi connectivity index (χ0) is 27.3. The molecule has 4 fully saturated rings. The van der Waals surface area contributed by atoms with Crippen molar-refractivity contribution in [3.05, 3.63) is 57.6 Å². The number of nitrogens with zero attached hydrogens (tertiary/aromatic N) is 3. The quantitative estimate of drug-likeness (QED) is 0.481. The van der Waals surface area contributed by atoms with E-state index in [1.807, 2.05) is 24.3 Å². The third kappa shape index (κ3) is 5.00. The maximum Gasteiger partial charge on any atom is 0.407 e. The Balaban J connectivity index is 1.12. The maximum atomic E-state index is 13.2. The van der Waals surface area contributed by atoms with Crippen LogP contribution < -0.4 is 0 Å². The molecule has 0 spiro atoms. The Labute approximate surface area is 238 Å². The van der Waals surface area contributed by atoms with Gasteiger partial charge < -0.3 is 19.8 Å². The molecule has 0 aromatic heterocycles. The third-order valence-corrected chi connectivity index (χ3v) is 9.84. The molecule has 3 saturated heterocycles. The molecule has 4 aliphatic rings. The minimum Gasteiger partial charge on any atom is -0.465 e. The molecule has 2 aromatic carbocycles. The van der Waals surface area contributed by atoms with Gasteiger partial charge in [0.15, 0.2) is 0 Å². The Hall–Kier alpha value is -2.77. The van der Waals surface area contributed by atoms with E-state index in [1.165, 1.54) is 24.2 Å². The Morgan fingerprint density at radius 2 is 1.49 bits per heavy atom. The lowest BCUT2D eigenvalue weighted by Gasteiger charge is -2.32. The van der Waals surface area contributed by atoms with Gasteiger partial charge in [0, 0.05) is 47.2 Å². The van der Waals surface area contributed by atoms with Crippen LogP contribution in [0.1, 0.15) is 60.9 Å². The first-order valence-corrected chi connectivity index (χ1v) is 14.7. The molecule has 3 amide bonds. The minimum atomic E-state index is -0.918. The molecule has 9 heteroatoms. The van der Waals surface area contributed by atoms with Crippen molar-refractivity contribution in [1.82, 2.24) is 14.7 Å². The summed E-state index contributed by atoms with van der Waals surface area (Å²) < 4.78 is 0. The SMILES string of the molecule is O=C(O)N1CC2CC1CN2C(=O)c1ccc(-c2cc(Cl)c(CC3CCN(C4CCCCC4)C3=O)c(Cl)c2)cc1. The van der Waals surface area contributed by atoms with E-state index in [-0.39, 0.29) is 29.8 Å². The predicted octanol–water partition coefficient (Wildman–Crippen LogP) is 5.96. The number of hydrogen-bond donors (Lipinski definition) is 1. The van der Waals surface area contributed by atoms with Crippen LogP contribution in [0.4, 0.5) is 4.79 Å². The number of likely N-dealkylation sites (tertiary alicyclic amines) is 3. The summed E-state index contributed by atoms with van der Waals surface area (Å²) in [6.45, 7) is 1.63. The molecule has 1 N–H and O–H groups in total. The first kappa shape index (κ1) is 26.5. The Morgan fingerprint density at radius 1 is 0.846 bits per heavy atom. The normalized spacial score (nSPS) is 25.1. The predicted molar refractivity (Wildman–Crippen MR) is 150 cm³/mol. The highest BCUT2D eigenvalue weighted by atomic mass is 35.5. The highest BCUT2D eigenvalue weighted by molar-refractivity contribution is 6.36. The smallest absolute Gasteiger partial charge is 0.407 e. The fourth-order valence-electron chi connectivity index (χ4n) is 7.04. The molecule has 3 aliphatic heterocycles. The molecule has 2 bridgehead atoms. The van der Waals surface area contributed by atoms with Gasteiger partial charge in [0.2, 0.25) is 5.91 Å². The van der Waals surface area contributed by atoms with Gasteiger partial charge in [-0.15, -0.1) is 0 Å². The van der Waals surface area contributed by atoms with Crippen LogP contribution in [0.3, 0.4) is 0 Å². The van der Waals surface area contributed by atoms with E-state index in [2.05, 4.69) is 4.90 Å². The van der Waals surface area contributed by atoms with Crippen LogP contribution >= 0.6 is 23.2 Å². The fraction of sp³-hybridized carbons (Fsp3) is 0.500. The van der Waals surface area contributed by atoms with Crippen LogP contribution in [0.25, 0.3) is 11.1 Å². The highest BCUT2D eigenvalue weighted by Crippen LogP contribution is 2.37. The van der Waals surface area contributed by atoms with Gasteiger partial charge in [-0.2, -0.15) is 0 Å². The second-order valence-electron chi connectivity index (χ2n) is 11.4. The van der Waals surface area contributed by atoms with E-state index in [4.69, 9.17) is 23.2 Å². The van der Waals surface area contributed by atoms with Crippen molar-refractivity contribution >= 4 is 41.1 Å². The van der Waals surface area contributed by atoms with Gasteiger partial charge >= 0.3 is 6.09 Å². The number of halogens is 2. The van der Waals surface area contributed by atoms with E-state index in [9.17, 15) is 19.5 Å². The molecule has 39 heavy (non-hydrogen) atoms. The zero-order valence-corrected chi connectivity index (χ0v) is 23.3. The molecule has 1 aliphatic carbocycles. The number of rotatable bonds is 5. The van der Waals surface area contributed by atoms with Crippen molar-refractivity contribution in [2.75, 3.05) is 19.6 Å². The maximum absolute atomic E-state index is 13.2. The lowest BCUT2D eigenvalue weighted by molar-refractivity contribution is -0.133. The average Bonchev–Trinajstić information content (AvgIpc) is 3.65. The summed E-state index contributed by atoms with van der Waals surface area (Å²) >= 11 is 13.4. The summed E-state index contributed by atoms with van der Waals surface area (Å²) in [6.07, 6.45) is 7.07. The average molecular weight is 571 g/mol. The molecule has 3 atom stereocenters. The van der Waals surface area contributed by atoms with Crippen molar-refractivity contribution in [2.45, 2.75) is 69.5 Å². The summed E-state index contributed by atoms with van der Waals surface area (Å²) in [6, 6.07) is 11.3. The summed E-state index contributed by atoms with van der Waals surface area (Å²) in [5, 5.41) is 10.4. The summed E-state index contributed by atoms with van der Waals surface area (Å²) in [5.41, 5.74) is 3.13. The monoisotopic (exact) mass is 569 g/mol. The van der Waals surface area contributed by atoms with Gasteiger partial charge in [-0.3, -0.25) is 9.59 Å². The molecule has 3 unspecified atom stereocenters. The molecule has 206 valence electrons. The molecule has 0 radical (unpaired) electrons. The first-order chi connectivity index (χ1) is 18.8. The fourth-order valence-corrected chi connectivity index (χ4v) is 7.68. The standard InChI is InChI=1S/C30H33Cl2N3O4/c31-26-13-21(14-27(32)25(26)12-20-10-11-33(29(20)37)22-4-2-1-3-5-22)18-6-8-19(9-7-18)28(36)34-16-24-15-23(34)17-35(24)30(38)39/h6-9,13-14,20,22-24H,1-5,10-12,15-17H2,(H,38,39). The van der Waals surface area contributed by atoms with Gasteiger partial charge in [0.1, 0.15) is 0 Å². The van der Waals surface area contributed by atoms with E-state index < -0.39 is 6.09 Å². The Kier molecular flexibility index (Phi) is 7.23. The van der Waals surface area contributed by atoms with Gasteiger partial charge in [0.05, 0.1) is 12.1 Å².